The first-order valence-corrected chi connectivity index (χ1v) is 19.7. The van der Waals surface area contributed by atoms with Crippen molar-refractivity contribution in [1.29, 1.82) is 0 Å². The molecule has 13 nitrogen and oxygen atoms in total. The van der Waals surface area contributed by atoms with Gasteiger partial charge in [-0.05, 0) is 68.8 Å². The van der Waals surface area contributed by atoms with E-state index in [0.29, 0.717) is 41.7 Å². The molecule has 0 saturated carbocycles. The van der Waals surface area contributed by atoms with E-state index in [0.717, 1.165) is 54.3 Å². The molecule has 2 aromatic carbocycles. The number of hydrogen-bond acceptors (Lipinski definition) is 9. The fraction of sp³-hybridized carbons (Fsp3) is 0.395. The van der Waals surface area contributed by atoms with Gasteiger partial charge in [-0.25, -0.2) is 19.2 Å². The molecule has 3 saturated heterocycles. The predicted molar refractivity (Wildman–Crippen MR) is 198 cm³/mol. The number of pyridine rings is 1. The third-order valence-corrected chi connectivity index (χ3v) is 11.9. The summed E-state index contributed by atoms with van der Waals surface area (Å²) in [5, 5.41) is 19.8. The zero-order chi connectivity index (χ0) is 37.9. The second-order valence-electron chi connectivity index (χ2n) is 13.8. The molecule has 0 bridgehead atoms. The largest absolute Gasteiger partial charge is 0.480 e. The Morgan fingerprint density at radius 1 is 1.11 bits per heavy atom. The van der Waals surface area contributed by atoms with Crippen LogP contribution < -0.4 is 9.72 Å². The minimum absolute atomic E-state index is 0.0445. The van der Waals surface area contributed by atoms with E-state index in [1.807, 2.05) is 18.2 Å². The first kappa shape index (κ1) is 37.5. The summed E-state index contributed by atoms with van der Waals surface area (Å²) in [6, 6.07) is 14.1. The van der Waals surface area contributed by atoms with Crippen molar-refractivity contribution in [2.24, 2.45) is 0 Å². The number of fused-ring (bicyclic) bond motifs is 1. The van der Waals surface area contributed by atoms with E-state index in [-0.39, 0.29) is 37.2 Å². The number of carbonyl (C=O) groups is 3. The van der Waals surface area contributed by atoms with Gasteiger partial charge in [0.25, 0.3) is 0 Å². The highest BCUT2D eigenvalue weighted by atomic mass is 35.5. The summed E-state index contributed by atoms with van der Waals surface area (Å²) in [7, 11) is -2.65. The second-order valence-corrected chi connectivity index (χ2v) is 15.9. The van der Waals surface area contributed by atoms with Gasteiger partial charge in [0.1, 0.15) is 24.3 Å². The number of likely N-dealkylation sites (tertiary alicyclic amines) is 2. The first-order chi connectivity index (χ1) is 26.1. The molecule has 54 heavy (non-hydrogen) atoms. The number of nitrogens with zero attached hydrogens (tertiary/aromatic N) is 5. The molecule has 0 spiro atoms. The lowest BCUT2D eigenvalue weighted by atomic mass is 9.93. The zero-order valence-electron chi connectivity index (χ0n) is 29.3. The number of carbonyl (C=O) groups excluding carboxylic acids is 2. The highest BCUT2D eigenvalue weighted by Gasteiger charge is 2.42. The van der Waals surface area contributed by atoms with Crippen LogP contribution in [0.1, 0.15) is 59.0 Å². The quantitative estimate of drug-likeness (QED) is 0.142. The van der Waals surface area contributed by atoms with Gasteiger partial charge < -0.3 is 34.1 Å². The number of carboxylic acids is 1. The minimum atomic E-state index is -2.65. The molecule has 3 atom stereocenters. The Bertz CT molecular complexity index is 2100. The van der Waals surface area contributed by atoms with Crippen LogP contribution in [-0.2, 0) is 29.2 Å². The highest BCUT2D eigenvalue weighted by Crippen LogP contribution is 2.30. The molecular weight excluding hydrogens is 735 g/mol. The standard InChI is InChI=1S/C38H39ClFN6O7Si/c1-2-54(38(51)46-19-27(47)18-33(46)37(49)50)43-36(48)24-7-9-32-31(16-24)41-34(45(32)20-28-12-15-52-28)21-44-13-10-23(11-14-44)30-4-3-5-35(42-30)53-22-25-6-8-26(39)17-29(25)40/h1,3-9,16-17,23,27-28,33,47H,10-15,18-22H2,(H,43,48)(H,49,50)/t27-,28+,33+/m1/s1. The van der Waals surface area contributed by atoms with Gasteiger partial charge >= 0.3 is 14.9 Å². The maximum Gasteiger partial charge on any atom is 0.369 e. The van der Waals surface area contributed by atoms with E-state index in [4.69, 9.17) is 37.5 Å². The summed E-state index contributed by atoms with van der Waals surface area (Å²) in [5.74, 6) is -0.721. The van der Waals surface area contributed by atoms with Crippen LogP contribution in [0, 0.1) is 17.8 Å². The molecule has 3 N–H and O–H groups in total. The monoisotopic (exact) mass is 773 g/mol. The molecule has 3 fully saturated rings. The molecule has 0 aliphatic carbocycles. The predicted octanol–water partition coefficient (Wildman–Crippen LogP) is 4.09. The summed E-state index contributed by atoms with van der Waals surface area (Å²) in [4.78, 5) is 54.0. The van der Waals surface area contributed by atoms with Crippen molar-refractivity contribution in [2.75, 3.05) is 26.2 Å². The molecule has 2 amide bonds. The van der Waals surface area contributed by atoms with Gasteiger partial charge in [0.15, 0.2) is 0 Å². The van der Waals surface area contributed by atoms with E-state index in [1.54, 1.807) is 30.3 Å². The molecule has 7 rings (SSSR count). The van der Waals surface area contributed by atoms with Crippen molar-refractivity contribution in [1.82, 2.24) is 29.3 Å². The Labute approximate surface area is 317 Å². The Hall–Kier alpha value is -4.85. The molecule has 3 aliphatic rings. The Balaban J connectivity index is 1.01. The lowest BCUT2D eigenvalue weighted by Gasteiger charge is -2.32. The summed E-state index contributed by atoms with van der Waals surface area (Å²) in [6.07, 6.45) is 7.32. The molecule has 0 unspecified atom stereocenters. The molecular formula is C38H39ClFN6O7Si. The number of benzene rings is 2. The molecule has 1 radical (unpaired) electrons. The number of β-amino-alcohol motifs (C(OH)–C–C–N with tert-alkyl or cyclic N) is 1. The van der Waals surface area contributed by atoms with Gasteiger partial charge in [-0.1, -0.05) is 29.3 Å². The molecule has 5 heterocycles. The molecule has 4 aromatic rings. The summed E-state index contributed by atoms with van der Waals surface area (Å²) in [6.45, 7) is 3.43. The van der Waals surface area contributed by atoms with Crippen LogP contribution in [-0.4, -0.2) is 105 Å². The minimum Gasteiger partial charge on any atom is -0.480 e. The van der Waals surface area contributed by atoms with Crippen molar-refractivity contribution >= 4 is 49.0 Å². The first-order valence-electron chi connectivity index (χ1n) is 17.8. The average Bonchev–Trinajstić information content (AvgIpc) is 3.71. The Morgan fingerprint density at radius 3 is 2.61 bits per heavy atom. The molecule has 3 aliphatic heterocycles. The number of halogens is 2. The van der Waals surface area contributed by atoms with Gasteiger partial charge in [-0.15, -0.1) is 6.42 Å². The summed E-state index contributed by atoms with van der Waals surface area (Å²) in [5.41, 5.74) is 4.74. The lowest BCUT2D eigenvalue weighted by Crippen LogP contribution is -2.53. The summed E-state index contributed by atoms with van der Waals surface area (Å²) >= 11 is 5.87. The van der Waals surface area contributed by atoms with E-state index in [1.165, 1.54) is 6.07 Å². The van der Waals surface area contributed by atoms with E-state index >= 15 is 0 Å². The smallest absolute Gasteiger partial charge is 0.369 e. The normalized spacial score (nSPS) is 20.5. The van der Waals surface area contributed by atoms with Crippen molar-refractivity contribution in [2.45, 2.75) is 69.5 Å². The molecule has 16 heteroatoms. The van der Waals surface area contributed by atoms with Crippen LogP contribution in [0.2, 0.25) is 5.02 Å². The second kappa shape index (κ2) is 16.3. The number of rotatable bonds is 12. The number of terminal acetylenes is 1. The van der Waals surface area contributed by atoms with Gasteiger partial charge in [-0.3, -0.25) is 14.5 Å². The Morgan fingerprint density at radius 2 is 1.91 bits per heavy atom. The maximum atomic E-state index is 14.2. The summed E-state index contributed by atoms with van der Waals surface area (Å²) < 4.78 is 28.0. The van der Waals surface area contributed by atoms with Gasteiger partial charge in [0.05, 0.1) is 36.3 Å². The van der Waals surface area contributed by atoms with E-state index < -0.39 is 44.3 Å². The topological polar surface area (TPSA) is 159 Å². The van der Waals surface area contributed by atoms with E-state index in [2.05, 4.69) is 20.0 Å². The van der Waals surface area contributed by atoms with Gasteiger partial charge in [-0.2, -0.15) is 0 Å². The van der Waals surface area contributed by atoms with Crippen molar-refractivity contribution in [3.8, 4) is 17.8 Å². The number of carboxylic acid groups (broad SMARTS) is 1. The van der Waals surface area contributed by atoms with Crippen molar-refractivity contribution < 1.29 is 38.5 Å². The van der Waals surface area contributed by atoms with Crippen LogP contribution in [0.3, 0.4) is 0 Å². The number of hydrogen-bond donors (Lipinski definition) is 3. The number of amides is 2. The Kier molecular flexibility index (Phi) is 11.3. The van der Waals surface area contributed by atoms with Gasteiger partial charge in [0, 0.05) is 53.4 Å². The van der Waals surface area contributed by atoms with Crippen molar-refractivity contribution in [3.63, 3.8) is 0 Å². The third-order valence-electron chi connectivity index (χ3n) is 10.2. The number of piperidine rings is 1. The number of imidazole rings is 1. The zero-order valence-corrected chi connectivity index (χ0v) is 31.0. The maximum absolute atomic E-state index is 14.2. The van der Waals surface area contributed by atoms with Crippen LogP contribution in [0.25, 0.3) is 11.0 Å². The van der Waals surface area contributed by atoms with Crippen LogP contribution in [0.5, 0.6) is 5.88 Å². The average molecular weight is 774 g/mol. The van der Waals surface area contributed by atoms with E-state index in [9.17, 15) is 29.0 Å². The van der Waals surface area contributed by atoms with Crippen LogP contribution in [0.4, 0.5) is 9.18 Å². The molecule has 281 valence electrons. The van der Waals surface area contributed by atoms with Crippen molar-refractivity contribution in [3.05, 3.63) is 88.1 Å². The SMILES string of the molecule is C#C[Si](NC(=O)c1ccc2c(c1)nc(CN1CCC(c3cccc(OCc4ccc(Cl)cc4F)n3)CC1)n2C[C@@H]1CCO1)C(=O)N1C[C@H](O)C[C@H]1C(=O)O. The fourth-order valence-electron chi connectivity index (χ4n) is 7.15. The number of ether oxygens (including phenoxy) is 2. The highest BCUT2D eigenvalue weighted by molar-refractivity contribution is 6.95. The molecule has 2 aromatic heterocycles. The lowest BCUT2D eigenvalue weighted by molar-refractivity contribution is -0.141. The number of aromatic nitrogens is 3. The number of aliphatic hydroxyl groups is 1. The van der Waals surface area contributed by atoms with Crippen LogP contribution >= 0.6 is 11.6 Å². The number of nitrogens with one attached hydrogen (secondary N) is 1. The van der Waals surface area contributed by atoms with Crippen LogP contribution in [0.15, 0.2) is 54.6 Å². The number of aliphatic carboxylic acids is 1. The van der Waals surface area contributed by atoms with Gasteiger partial charge in [0.2, 0.25) is 17.3 Å². The number of aliphatic hydroxyl groups excluding tert-OH is 1. The fourth-order valence-corrected chi connectivity index (χ4v) is 8.51. The third kappa shape index (κ3) is 8.28.